The first-order chi connectivity index (χ1) is 11.4. The van der Waals surface area contributed by atoms with Crippen molar-refractivity contribution in [1.29, 1.82) is 0 Å². The van der Waals surface area contributed by atoms with Crippen molar-refractivity contribution in [3.05, 3.63) is 23.8 Å². The number of halogens is 1. The Labute approximate surface area is 157 Å². The number of ether oxygens (including phenoxy) is 2. The summed E-state index contributed by atoms with van der Waals surface area (Å²) in [5, 5.41) is 3.39. The Hall–Kier alpha value is -1.46. The molecule has 1 amide bonds. The maximum atomic E-state index is 12.8. The molecule has 1 aromatic carbocycles. The largest absolute Gasteiger partial charge is 0.493 e. The van der Waals surface area contributed by atoms with Gasteiger partial charge in [-0.3, -0.25) is 4.79 Å². The summed E-state index contributed by atoms with van der Waals surface area (Å²) < 4.78 is 11.2. The van der Waals surface area contributed by atoms with E-state index < -0.39 is 0 Å². The van der Waals surface area contributed by atoms with Gasteiger partial charge in [-0.15, -0.1) is 12.4 Å². The van der Waals surface area contributed by atoms with Gasteiger partial charge in [0.25, 0.3) is 5.91 Å². The quantitative estimate of drug-likeness (QED) is 0.834. The number of hydrogen-bond acceptors (Lipinski definition) is 4. The Morgan fingerprint density at radius 1 is 1.32 bits per heavy atom. The molecule has 1 saturated heterocycles. The first kappa shape index (κ1) is 21.6. The zero-order valence-electron chi connectivity index (χ0n) is 15.9. The molecule has 1 fully saturated rings. The Balaban J connectivity index is 0.00000312. The number of amides is 1. The summed E-state index contributed by atoms with van der Waals surface area (Å²) in [7, 11) is 1.61. The number of piperazine rings is 1. The van der Waals surface area contributed by atoms with Gasteiger partial charge in [0.05, 0.1) is 13.7 Å². The van der Waals surface area contributed by atoms with E-state index in [1.165, 1.54) is 0 Å². The molecule has 2 rings (SSSR count). The van der Waals surface area contributed by atoms with Crippen LogP contribution >= 0.6 is 12.4 Å². The average molecular weight is 371 g/mol. The predicted octanol–water partition coefficient (Wildman–Crippen LogP) is 3.36. The molecule has 0 aromatic heterocycles. The highest BCUT2D eigenvalue weighted by molar-refractivity contribution is 5.95. The molecule has 25 heavy (non-hydrogen) atoms. The van der Waals surface area contributed by atoms with Crippen LogP contribution in [0.15, 0.2) is 18.2 Å². The summed E-state index contributed by atoms with van der Waals surface area (Å²) in [6.45, 7) is 10.7. The third kappa shape index (κ3) is 5.51. The van der Waals surface area contributed by atoms with Gasteiger partial charge in [0.1, 0.15) is 0 Å². The fourth-order valence-electron chi connectivity index (χ4n) is 2.83. The highest BCUT2D eigenvalue weighted by Gasteiger charge is 2.29. The van der Waals surface area contributed by atoms with Crippen molar-refractivity contribution in [3.8, 4) is 11.5 Å². The normalized spacial score (nSPS) is 20.2. The van der Waals surface area contributed by atoms with Crippen LogP contribution in [0.3, 0.4) is 0 Å². The molecule has 1 N–H and O–H groups in total. The smallest absolute Gasteiger partial charge is 0.254 e. The maximum absolute atomic E-state index is 12.8. The molecule has 1 aromatic rings. The lowest BCUT2D eigenvalue weighted by molar-refractivity contribution is 0.0602. The van der Waals surface area contributed by atoms with Crippen molar-refractivity contribution < 1.29 is 14.3 Å². The summed E-state index contributed by atoms with van der Waals surface area (Å²) in [5.41, 5.74) is 0.643. The highest BCUT2D eigenvalue weighted by Crippen LogP contribution is 2.29. The van der Waals surface area contributed by atoms with Crippen LogP contribution in [0.25, 0.3) is 0 Å². The lowest BCUT2D eigenvalue weighted by atomic mass is 10.0. The molecule has 142 valence electrons. The van der Waals surface area contributed by atoms with E-state index in [9.17, 15) is 4.79 Å². The van der Waals surface area contributed by atoms with E-state index >= 15 is 0 Å². The summed E-state index contributed by atoms with van der Waals surface area (Å²) in [5.74, 6) is 1.94. The lowest BCUT2D eigenvalue weighted by Gasteiger charge is -2.38. The second-order valence-electron chi connectivity index (χ2n) is 6.88. The summed E-state index contributed by atoms with van der Waals surface area (Å²) in [6.07, 6.45) is 0.986. The number of benzene rings is 1. The van der Waals surface area contributed by atoms with Crippen molar-refractivity contribution >= 4 is 18.3 Å². The second kappa shape index (κ2) is 9.88. The molecule has 1 heterocycles. The molecule has 1 aliphatic rings. The molecular formula is C19H31ClN2O3. The van der Waals surface area contributed by atoms with Gasteiger partial charge < -0.3 is 19.7 Å². The second-order valence-corrected chi connectivity index (χ2v) is 6.88. The topological polar surface area (TPSA) is 50.8 Å². The zero-order valence-corrected chi connectivity index (χ0v) is 16.7. The van der Waals surface area contributed by atoms with Crippen LogP contribution in [0.2, 0.25) is 0 Å². The first-order valence-electron chi connectivity index (χ1n) is 8.79. The van der Waals surface area contributed by atoms with Crippen molar-refractivity contribution in [2.45, 2.75) is 46.2 Å². The maximum Gasteiger partial charge on any atom is 0.254 e. The number of hydrogen-bond donors (Lipinski definition) is 1. The van der Waals surface area contributed by atoms with Crippen LogP contribution in [0.1, 0.15) is 44.5 Å². The minimum atomic E-state index is 0. The molecule has 0 bridgehead atoms. The van der Waals surface area contributed by atoms with E-state index in [1.807, 2.05) is 17.0 Å². The lowest BCUT2D eigenvalue weighted by Crippen LogP contribution is -2.57. The third-order valence-corrected chi connectivity index (χ3v) is 4.66. The van der Waals surface area contributed by atoms with E-state index in [4.69, 9.17) is 9.47 Å². The molecule has 0 aliphatic carbocycles. The molecule has 6 heteroatoms. The molecule has 2 unspecified atom stereocenters. The fraction of sp³-hybridized carbons (Fsp3) is 0.632. The van der Waals surface area contributed by atoms with Gasteiger partial charge >= 0.3 is 0 Å². The fourth-order valence-corrected chi connectivity index (χ4v) is 2.83. The highest BCUT2D eigenvalue weighted by atomic mass is 35.5. The number of carbonyl (C=O) groups excluding carboxylic acids is 1. The van der Waals surface area contributed by atoms with Gasteiger partial charge in [-0.05, 0) is 44.4 Å². The molecular weight excluding hydrogens is 340 g/mol. The number of nitrogens with zero attached hydrogens (tertiary/aromatic N) is 1. The minimum Gasteiger partial charge on any atom is -0.493 e. The van der Waals surface area contributed by atoms with E-state index in [-0.39, 0.29) is 24.4 Å². The Morgan fingerprint density at radius 3 is 2.68 bits per heavy atom. The Kier molecular flexibility index (Phi) is 8.53. The molecule has 1 aliphatic heterocycles. The summed E-state index contributed by atoms with van der Waals surface area (Å²) in [4.78, 5) is 14.8. The van der Waals surface area contributed by atoms with Crippen molar-refractivity contribution in [2.75, 3.05) is 26.8 Å². The third-order valence-electron chi connectivity index (χ3n) is 4.66. The van der Waals surface area contributed by atoms with E-state index in [2.05, 4.69) is 33.0 Å². The number of rotatable bonds is 6. The van der Waals surface area contributed by atoms with Crippen LogP contribution in [-0.2, 0) is 0 Å². The Morgan fingerprint density at radius 2 is 2.04 bits per heavy atom. The molecule has 0 radical (unpaired) electrons. The SMILES string of the molecule is COc1cc(C(=O)N2CCNC(C)C2C)ccc1OCCC(C)C.Cl. The van der Waals surface area contributed by atoms with Crippen molar-refractivity contribution in [2.24, 2.45) is 5.92 Å². The molecule has 0 saturated carbocycles. The van der Waals surface area contributed by atoms with Gasteiger partial charge in [0.15, 0.2) is 11.5 Å². The van der Waals surface area contributed by atoms with Crippen LogP contribution in [0, 0.1) is 5.92 Å². The number of carbonyl (C=O) groups is 1. The van der Waals surface area contributed by atoms with Crippen LogP contribution in [0.4, 0.5) is 0 Å². The van der Waals surface area contributed by atoms with Crippen LogP contribution in [0.5, 0.6) is 11.5 Å². The van der Waals surface area contributed by atoms with Gasteiger partial charge in [0, 0.05) is 30.7 Å². The Bertz CT molecular complexity index is 566. The summed E-state index contributed by atoms with van der Waals surface area (Å²) in [6, 6.07) is 5.91. The molecule has 2 atom stereocenters. The average Bonchev–Trinajstić information content (AvgIpc) is 2.56. The van der Waals surface area contributed by atoms with Gasteiger partial charge in [-0.1, -0.05) is 13.8 Å². The van der Waals surface area contributed by atoms with Crippen molar-refractivity contribution in [1.82, 2.24) is 10.2 Å². The minimum absolute atomic E-state index is 0. The van der Waals surface area contributed by atoms with Gasteiger partial charge in [-0.2, -0.15) is 0 Å². The van der Waals surface area contributed by atoms with Gasteiger partial charge in [-0.25, -0.2) is 0 Å². The van der Waals surface area contributed by atoms with E-state index in [0.29, 0.717) is 35.6 Å². The summed E-state index contributed by atoms with van der Waals surface area (Å²) >= 11 is 0. The standard InChI is InChI=1S/C19H30N2O3.ClH/c1-13(2)8-11-24-17-7-6-16(12-18(17)23-5)19(22)21-10-9-20-14(3)15(21)4;/h6-7,12-15,20H,8-11H2,1-5H3;1H. The predicted molar refractivity (Wildman–Crippen MR) is 103 cm³/mol. The van der Waals surface area contributed by atoms with E-state index in [0.717, 1.165) is 19.5 Å². The van der Waals surface area contributed by atoms with Crippen molar-refractivity contribution in [3.63, 3.8) is 0 Å². The molecule has 0 spiro atoms. The zero-order chi connectivity index (χ0) is 17.7. The van der Waals surface area contributed by atoms with Crippen LogP contribution < -0.4 is 14.8 Å². The first-order valence-corrected chi connectivity index (χ1v) is 8.79. The van der Waals surface area contributed by atoms with Crippen LogP contribution in [-0.4, -0.2) is 49.7 Å². The number of nitrogens with one attached hydrogen (secondary N) is 1. The van der Waals surface area contributed by atoms with Gasteiger partial charge in [0.2, 0.25) is 0 Å². The number of methoxy groups -OCH3 is 1. The monoisotopic (exact) mass is 370 g/mol. The molecule has 5 nitrogen and oxygen atoms in total. The van der Waals surface area contributed by atoms with E-state index in [1.54, 1.807) is 13.2 Å².